The number of benzene rings is 1. The Morgan fingerprint density at radius 1 is 1.00 bits per heavy atom. The number of amides is 2. The first-order valence-corrected chi connectivity index (χ1v) is 11.1. The van der Waals surface area contributed by atoms with Gasteiger partial charge in [-0.3, -0.25) is 19.4 Å². The van der Waals surface area contributed by atoms with Crippen LogP contribution in [0.4, 0.5) is 0 Å². The molecule has 1 unspecified atom stereocenters. The van der Waals surface area contributed by atoms with Crippen LogP contribution in [0.5, 0.6) is 0 Å². The number of carbonyl (C=O) groups excluding carboxylic acids is 2. The maximum absolute atomic E-state index is 12.7. The number of hydrogen-bond donors (Lipinski definition) is 2. The average Bonchev–Trinajstić information content (AvgIpc) is 3.54. The molecule has 29 heavy (non-hydrogen) atoms. The second kappa shape index (κ2) is 10.7. The van der Waals surface area contributed by atoms with Gasteiger partial charge >= 0.3 is 0 Å². The zero-order chi connectivity index (χ0) is 20.6. The van der Waals surface area contributed by atoms with Crippen LogP contribution in [0.3, 0.4) is 0 Å². The fourth-order valence-corrected chi connectivity index (χ4v) is 3.87. The van der Waals surface area contributed by atoms with Crippen LogP contribution >= 0.6 is 0 Å². The molecular formula is C23H36N4O2. The monoisotopic (exact) mass is 400 g/mol. The van der Waals surface area contributed by atoms with Crippen molar-refractivity contribution in [3.63, 3.8) is 0 Å². The molecule has 2 amide bonds. The van der Waals surface area contributed by atoms with Crippen molar-refractivity contribution in [2.75, 3.05) is 45.8 Å². The minimum atomic E-state index is 0.105. The minimum absolute atomic E-state index is 0.105. The lowest BCUT2D eigenvalue weighted by atomic mass is 10.0. The van der Waals surface area contributed by atoms with Crippen LogP contribution in [0.25, 0.3) is 0 Å². The van der Waals surface area contributed by atoms with Gasteiger partial charge in [0.25, 0.3) is 0 Å². The third kappa shape index (κ3) is 7.12. The van der Waals surface area contributed by atoms with Gasteiger partial charge < -0.3 is 10.6 Å². The summed E-state index contributed by atoms with van der Waals surface area (Å²) in [4.78, 5) is 29.0. The molecular weight excluding hydrogens is 364 g/mol. The van der Waals surface area contributed by atoms with E-state index in [0.29, 0.717) is 19.0 Å². The molecule has 2 aliphatic rings. The second-order valence-electron chi connectivity index (χ2n) is 8.55. The highest BCUT2D eigenvalue weighted by Gasteiger charge is 2.33. The van der Waals surface area contributed by atoms with Crippen LogP contribution in [0, 0.1) is 12.8 Å². The molecule has 6 heteroatoms. The number of nitrogens with one attached hydrogen (secondary N) is 2. The van der Waals surface area contributed by atoms with Crippen LogP contribution in [-0.4, -0.2) is 67.4 Å². The predicted molar refractivity (Wildman–Crippen MR) is 116 cm³/mol. The Morgan fingerprint density at radius 2 is 1.59 bits per heavy atom. The number of carbonyl (C=O) groups is 2. The Labute approximate surface area is 175 Å². The van der Waals surface area contributed by atoms with E-state index in [4.69, 9.17) is 0 Å². The topological polar surface area (TPSA) is 64.7 Å². The molecule has 2 N–H and O–H groups in total. The standard InChI is InChI=1S/C23H36N4O2/c1-3-4-11-24-21(28)16-26-12-14-27(15-13-26)17-22(29)25-23(20-9-10-20)19-7-5-18(2)6-8-19/h5-8,20,23H,3-4,9-17H2,1-2H3,(H,24,28)(H,25,29). The van der Waals surface area contributed by atoms with Gasteiger partial charge in [-0.25, -0.2) is 0 Å². The molecule has 0 aromatic heterocycles. The molecule has 2 fully saturated rings. The first-order chi connectivity index (χ1) is 14.0. The smallest absolute Gasteiger partial charge is 0.234 e. The zero-order valence-electron chi connectivity index (χ0n) is 18.0. The number of piperazine rings is 1. The highest BCUT2D eigenvalue weighted by Crippen LogP contribution is 2.41. The van der Waals surface area contributed by atoms with E-state index in [1.54, 1.807) is 0 Å². The molecule has 0 spiro atoms. The van der Waals surface area contributed by atoms with E-state index in [9.17, 15) is 9.59 Å². The molecule has 160 valence electrons. The Morgan fingerprint density at radius 3 is 2.14 bits per heavy atom. The maximum Gasteiger partial charge on any atom is 0.234 e. The van der Waals surface area contributed by atoms with Crippen molar-refractivity contribution in [1.82, 2.24) is 20.4 Å². The van der Waals surface area contributed by atoms with Crippen molar-refractivity contribution >= 4 is 11.8 Å². The molecule has 1 aromatic carbocycles. The number of hydrogen-bond acceptors (Lipinski definition) is 4. The Kier molecular flexibility index (Phi) is 8.07. The lowest BCUT2D eigenvalue weighted by Crippen LogP contribution is -2.51. The van der Waals surface area contributed by atoms with E-state index in [2.05, 4.69) is 58.5 Å². The van der Waals surface area contributed by atoms with Crippen LogP contribution in [0.15, 0.2) is 24.3 Å². The quantitative estimate of drug-likeness (QED) is 0.591. The predicted octanol–water partition coefficient (Wildman–Crippen LogP) is 2.10. The largest absolute Gasteiger partial charge is 0.355 e. The van der Waals surface area contributed by atoms with Crippen molar-refractivity contribution in [2.45, 2.75) is 45.6 Å². The minimum Gasteiger partial charge on any atom is -0.355 e. The second-order valence-corrected chi connectivity index (χ2v) is 8.55. The molecule has 6 nitrogen and oxygen atoms in total. The van der Waals surface area contributed by atoms with Gasteiger partial charge in [0.15, 0.2) is 0 Å². The van der Waals surface area contributed by atoms with Gasteiger partial charge in [0.2, 0.25) is 11.8 Å². The van der Waals surface area contributed by atoms with Crippen LogP contribution in [0.2, 0.25) is 0 Å². The summed E-state index contributed by atoms with van der Waals surface area (Å²) in [7, 11) is 0. The Bertz CT molecular complexity index is 664. The van der Waals surface area contributed by atoms with Crippen molar-refractivity contribution in [1.29, 1.82) is 0 Å². The van der Waals surface area contributed by atoms with E-state index in [1.165, 1.54) is 24.0 Å². The molecule has 0 bridgehead atoms. The van der Waals surface area contributed by atoms with Gasteiger partial charge in [-0.15, -0.1) is 0 Å². The fraction of sp³-hybridized carbons (Fsp3) is 0.652. The van der Waals surface area contributed by atoms with E-state index >= 15 is 0 Å². The highest BCUT2D eigenvalue weighted by molar-refractivity contribution is 5.79. The SMILES string of the molecule is CCCCNC(=O)CN1CCN(CC(=O)NC(c2ccc(C)cc2)C2CC2)CC1. The van der Waals surface area contributed by atoms with Crippen molar-refractivity contribution in [3.05, 3.63) is 35.4 Å². The summed E-state index contributed by atoms with van der Waals surface area (Å²) in [5.41, 5.74) is 2.46. The van der Waals surface area contributed by atoms with Gasteiger partial charge in [-0.1, -0.05) is 43.2 Å². The molecule has 1 saturated heterocycles. The summed E-state index contributed by atoms with van der Waals surface area (Å²) in [6.07, 6.45) is 4.50. The molecule has 1 aliphatic carbocycles. The Hall–Kier alpha value is -1.92. The molecule has 1 atom stereocenters. The van der Waals surface area contributed by atoms with E-state index in [1.807, 2.05) is 0 Å². The molecule has 1 heterocycles. The highest BCUT2D eigenvalue weighted by atomic mass is 16.2. The fourth-order valence-electron chi connectivity index (χ4n) is 3.87. The van der Waals surface area contributed by atoms with Gasteiger partial charge in [0, 0.05) is 32.7 Å². The van der Waals surface area contributed by atoms with Crippen molar-refractivity contribution in [3.8, 4) is 0 Å². The van der Waals surface area contributed by atoms with Crippen LogP contribution in [-0.2, 0) is 9.59 Å². The summed E-state index contributed by atoms with van der Waals surface area (Å²) >= 11 is 0. The summed E-state index contributed by atoms with van der Waals surface area (Å²) < 4.78 is 0. The number of nitrogens with zero attached hydrogens (tertiary/aromatic N) is 2. The van der Waals surface area contributed by atoms with Gasteiger partial charge in [-0.2, -0.15) is 0 Å². The summed E-state index contributed by atoms with van der Waals surface area (Å²) in [5.74, 6) is 0.785. The third-order valence-electron chi connectivity index (χ3n) is 5.90. The van der Waals surface area contributed by atoms with Gasteiger partial charge in [-0.05, 0) is 37.7 Å². The van der Waals surface area contributed by atoms with E-state index in [-0.39, 0.29) is 17.9 Å². The number of unbranched alkanes of at least 4 members (excludes halogenated alkanes) is 1. The molecule has 1 aromatic rings. The average molecular weight is 401 g/mol. The van der Waals surface area contributed by atoms with Gasteiger partial charge in [0.05, 0.1) is 19.1 Å². The van der Waals surface area contributed by atoms with E-state index in [0.717, 1.165) is 45.6 Å². The van der Waals surface area contributed by atoms with Gasteiger partial charge in [0.1, 0.15) is 0 Å². The summed E-state index contributed by atoms with van der Waals surface area (Å²) in [6.45, 7) is 9.18. The maximum atomic E-state index is 12.7. The number of rotatable bonds is 10. The zero-order valence-corrected chi connectivity index (χ0v) is 18.0. The lowest BCUT2D eigenvalue weighted by molar-refractivity contribution is -0.125. The van der Waals surface area contributed by atoms with Crippen LogP contribution < -0.4 is 10.6 Å². The summed E-state index contributed by atoms with van der Waals surface area (Å²) in [5, 5.41) is 6.25. The molecule has 3 rings (SSSR count). The van der Waals surface area contributed by atoms with Crippen LogP contribution in [0.1, 0.15) is 49.8 Å². The van der Waals surface area contributed by atoms with Crippen molar-refractivity contribution in [2.24, 2.45) is 5.92 Å². The lowest BCUT2D eigenvalue weighted by Gasteiger charge is -2.34. The number of aryl methyl sites for hydroxylation is 1. The first kappa shape index (κ1) is 21.8. The van der Waals surface area contributed by atoms with Crippen molar-refractivity contribution < 1.29 is 9.59 Å². The molecule has 0 radical (unpaired) electrons. The third-order valence-corrected chi connectivity index (χ3v) is 5.90. The molecule has 1 saturated carbocycles. The Balaban J connectivity index is 1.40. The first-order valence-electron chi connectivity index (χ1n) is 11.1. The van der Waals surface area contributed by atoms with E-state index < -0.39 is 0 Å². The normalized spacial score (nSPS) is 19.0. The summed E-state index contributed by atoms with van der Waals surface area (Å²) in [6, 6.07) is 8.66. The molecule has 1 aliphatic heterocycles.